The highest BCUT2D eigenvalue weighted by Gasteiger charge is 2.14. The van der Waals surface area contributed by atoms with Gasteiger partial charge < -0.3 is 14.8 Å². The second-order valence-corrected chi connectivity index (χ2v) is 9.22. The lowest BCUT2D eigenvalue weighted by atomic mass is 10.1. The molecule has 0 aliphatic rings. The lowest BCUT2D eigenvalue weighted by molar-refractivity contribution is -0.112. The van der Waals surface area contributed by atoms with Crippen LogP contribution in [0.4, 0.5) is 5.69 Å². The Labute approximate surface area is 220 Å². The molecule has 0 saturated heterocycles. The Balaban J connectivity index is 1.72. The lowest BCUT2D eigenvalue weighted by Gasteiger charge is -2.12. The van der Waals surface area contributed by atoms with E-state index in [9.17, 15) is 14.9 Å². The van der Waals surface area contributed by atoms with E-state index in [0.29, 0.717) is 38.1 Å². The van der Waals surface area contributed by atoms with Gasteiger partial charge in [-0.1, -0.05) is 29.8 Å². The van der Waals surface area contributed by atoms with Gasteiger partial charge in [0.2, 0.25) is 0 Å². The highest BCUT2D eigenvalue weighted by Crippen LogP contribution is 2.36. The number of hydrogen-bond donors (Lipinski definition) is 1. The minimum absolute atomic E-state index is 0.0771. The topological polar surface area (TPSA) is 88.4 Å². The van der Waals surface area contributed by atoms with Crippen molar-refractivity contribution in [1.82, 2.24) is 0 Å². The van der Waals surface area contributed by atoms with Gasteiger partial charge in [-0.3, -0.25) is 4.79 Å². The number of aryl methyl sites for hydroxylation is 1. The summed E-state index contributed by atoms with van der Waals surface area (Å²) in [5.41, 5.74) is 3.59. The molecule has 0 aromatic heterocycles. The molecule has 0 fully saturated rings. The molecule has 3 aromatic carbocycles. The zero-order chi connectivity index (χ0) is 25.4. The number of nitrogens with zero attached hydrogens (tertiary/aromatic N) is 1. The summed E-state index contributed by atoms with van der Waals surface area (Å²) in [6, 6.07) is 19.8. The fourth-order valence-corrected chi connectivity index (χ4v) is 4.63. The van der Waals surface area contributed by atoms with E-state index in [1.165, 1.54) is 6.08 Å². The number of carbonyl (C=O) groups is 2. The summed E-state index contributed by atoms with van der Waals surface area (Å²) in [4.78, 5) is 24.4. The molecule has 0 heterocycles. The molecule has 3 rings (SSSR count). The Bertz CT molecular complexity index is 1290. The predicted molar refractivity (Wildman–Crippen MR) is 142 cm³/mol. The van der Waals surface area contributed by atoms with E-state index in [4.69, 9.17) is 9.47 Å². The average molecular weight is 598 g/mol. The van der Waals surface area contributed by atoms with Gasteiger partial charge in [-0.05, 0) is 99.3 Å². The molecule has 0 bridgehead atoms. The fourth-order valence-electron chi connectivity index (χ4n) is 3.18. The van der Waals surface area contributed by atoms with E-state index in [1.54, 1.807) is 43.3 Å². The van der Waals surface area contributed by atoms with Crippen LogP contribution in [0.5, 0.6) is 5.75 Å². The third kappa shape index (κ3) is 7.28. The second kappa shape index (κ2) is 12.3. The number of ether oxygens (including phenoxy) is 2. The molecule has 8 heteroatoms. The summed E-state index contributed by atoms with van der Waals surface area (Å²) < 4.78 is 12.3. The zero-order valence-corrected chi connectivity index (χ0v) is 22.3. The first kappa shape index (κ1) is 26.2. The number of esters is 1. The molecule has 0 spiro atoms. The van der Waals surface area contributed by atoms with Crippen LogP contribution in [0.25, 0.3) is 6.08 Å². The summed E-state index contributed by atoms with van der Waals surface area (Å²) in [6.45, 7) is 4.43. The number of nitrogens with one attached hydrogen (secondary N) is 1. The van der Waals surface area contributed by atoms with Gasteiger partial charge in [-0.2, -0.15) is 5.26 Å². The maximum atomic E-state index is 12.7. The van der Waals surface area contributed by atoms with Gasteiger partial charge in [0.25, 0.3) is 5.91 Å². The number of rotatable bonds is 8. The minimum atomic E-state index is -0.566. The van der Waals surface area contributed by atoms with Crippen molar-refractivity contribution in [2.24, 2.45) is 0 Å². The molecule has 1 amide bonds. The van der Waals surface area contributed by atoms with Gasteiger partial charge >= 0.3 is 5.97 Å². The van der Waals surface area contributed by atoms with Crippen LogP contribution in [-0.2, 0) is 16.1 Å². The average Bonchev–Trinajstić information content (AvgIpc) is 2.82. The van der Waals surface area contributed by atoms with Crippen LogP contribution in [0.3, 0.4) is 0 Å². The standard InChI is InChI=1S/C27H22Br2N2O4/c1-3-34-27(33)20-7-9-22(10-8-20)31-26(32)21(15-30)12-19-13-23(28)25(24(29)14-19)35-16-18-6-4-5-17(2)11-18/h4-14H,3,16H2,1-2H3,(H,31,32)/b21-12+. The van der Waals surface area contributed by atoms with Crippen molar-refractivity contribution in [3.8, 4) is 11.8 Å². The molecule has 0 radical (unpaired) electrons. The van der Waals surface area contributed by atoms with Gasteiger partial charge in [0.05, 0.1) is 21.1 Å². The number of hydrogen-bond acceptors (Lipinski definition) is 5. The van der Waals surface area contributed by atoms with E-state index in [2.05, 4.69) is 43.2 Å². The van der Waals surface area contributed by atoms with Crippen LogP contribution >= 0.6 is 31.9 Å². The third-order valence-electron chi connectivity index (χ3n) is 4.82. The molecule has 35 heavy (non-hydrogen) atoms. The largest absolute Gasteiger partial charge is 0.487 e. The third-order valence-corrected chi connectivity index (χ3v) is 5.99. The molecule has 1 N–H and O–H groups in total. The molecule has 6 nitrogen and oxygen atoms in total. The molecule has 3 aromatic rings. The first-order valence-corrected chi connectivity index (χ1v) is 12.3. The number of amides is 1. The molecular formula is C27H22Br2N2O4. The Morgan fingerprint density at radius 3 is 2.34 bits per heavy atom. The van der Waals surface area contributed by atoms with Crippen LogP contribution in [0.1, 0.15) is 34.0 Å². The summed E-state index contributed by atoms with van der Waals surface area (Å²) in [7, 11) is 0. The SMILES string of the molecule is CCOC(=O)c1ccc(NC(=O)/C(C#N)=C/c2cc(Br)c(OCc3cccc(C)c3)c(Br)c2)cc1. The maximum absolute atomic E-state index is 12.7. The number of nitriles is 1. The molecule has 0 atom stereocenters. The van der Waals surface area contributed by atoms with E-state index in [-0.39, 0.29) is 12.2 Å². The quantitative estimate of drug-likeness (QED) is 0.175. The highest BCUT2D eigenvalue weighted by atomic mass is 79.9. The summed E-state index contributed by atoms with van der Waals surface area (Å²) in [5.74, 6) is -0.387. The van der Waals surface area contributed by atoms with Crippen molar-refractivity contribution in [3.05, 3.63) is 97.4 Å². The molecule has 0 aliphatic carbocycles. The van der Waals surface area contributed by atoms with Gasteiger partial charge in [0.15, 0.2) is 0 Å². The van der Waals surface area contributed by atoms with Crippen molar-refractivity contribution < 1.29 is 19.1 Å². The Morgan fingerprint density at radius 2 is 1.74 bits per heavy atom. The van der Waals surface area contributed by atoms with Gasteiger partial charge in [-0.25, -0.2) is 4.79 Å². The first-order valence-electron chi connectivity index (χ1n) is 10.7. The van der Waals surface area contributed by atoms with Crippen molar-refractivity contribution in [2.45, 2.75) is 20.5 Å². The monoisotopic (exact) mass is 596 g/mol. The second-order valence-electron chi connectivity index (χ2n) is 7.51. The maximum Gasteiger partial charge on any atom is 0.338 e. The Hall–Kier alpha value is -3.41. The summed E-state index contributed by atoms with van der Waals surface area (Å²) >= 11 is 7.03. The number of anilines is 1. The highest BCUT2D eigenvalue weighted by molar-refractivity contribution is 9.11. The van der Waals surface area contributed by atoms with Crippen LogP contribution in [0.2, 0.25) is 0 Å². The normalized spacial score (nSPS) is 10.9. The number of halogens is 2. The fraction of sp³-hybridized carbons (Fsp3) is 0.148. The first-order chi connectivity index (χ1) is 16.8. The van der Waals surface area contributed by atoms with E-state index >= 15 is 0 Å². The molecule has 0 aliphatic heterocycles. The Kier molecular flexibility index (Phi) is 9.24. The van der Waals surface area contributed by atoms with Crippen LogP contribution < -0.4 is 10.1 Å². The lowest BCUT2D eigenvalue weighted by Crippen LogP contribution is -2.13. The number of benzene rings is 3. The van der Waals surface area contributed by atoms with Crippen molar-refractivity contribution in [2.75, 3.05) is 11.9 Å². The van der Waals surface area contributed by atoms with Crippen LogP contribution in [0.15, 0.2) is 75.2 Å². The van der Waals surface area contributed by atoms with Gasteiger partial charge in [0.1, 0.15) is 24.0 Å². The van der Waals surface area contributed by atoms with Gasteiger partial charge in [-0.15, -0.1) is 0 Å². The van der Waals surface area contributed by atoms with Gasteiger partial charge in [0, 0.05) is 5.69 Å². The summed E-state index contributed by atoms with van der Waals surface area (Å²) in [5, 5.41) is 12.2. The van der Waals surface area contributed by atoms with E-state index in [0.717, 1.165) is 11.1 Å². The molecule has 178 valence electrons. The predicted octanol–water partition coefficient (Wildman–Crippen LogP) is 6.82. The van der Waals surface area contributed by atoms with E-state index < -0.39 is 11.9 Å². The smallest absolute Gasteiger partial charge is 0.338 e. The summed E-state index contributed by atoms with van der Waals surface area (Å²) in [6.07, 6.45) is 1.49. The van der Waals surface area contributed by atoms with E-state index in [1.807, 2.05) is 31.2 Å². The van der Waals surface area contributed by atoms with Crippen molar-refractivity contribution in [1.29, 1.82) is 5.26 Å². The Morgan fingerprint density at radius 1 is 1.06 bits per heavy atom. The van der Waals surface area contributed by atoms with Crippen molar-refractivity contribution >= 4 is 55.5 Å². The molecule has 0 unspecified atom stereocenters. The molecule has 0 saturated carbocycles. The zero-order valence-electron chi connectivity index (χ0n) is 19.1. The van der Waals surface area contributed by atoms with Crippen molar-refractivity contribution in [3.63, 3.8) is 0 Å². The van der Waals surface area contributed by atoms with Crippen LogP contribution in [0, 0.1) is 18.3 Å². The van der Waals surface area contributed by atoms with Crippen LogP contribution in [-0.4, -0.2) is 18.5 Å². The number of carbonyl (C=O) groups excluding carboxylic acids is 2. The molecular weight excluding hydrogens is 576 g/mol. The minimum Gasteiger partial charge on any atom is -0.487 e.